The largest absolute Gasteiger partial charge is 0.221 e. The Labute approximate surface area is 88.7 Å². The Hall–Kier alpha value is -1.23. The minimum atomic E-state index is -0.310. The zero-order valence-electron chi connectivity index (χ0n) is 7.41. The van der Waals surface area contributed by atoms with Gasteiger partial charge in [-0.1, -0.05) is 0 Å². The SMILES string of the molecule is Cc1ncn(-c2ccc(Br)c(F)c2)n1. The first kappa shape index (κ1) is 9.33. The van der Waals surface area contributed by atoms with Crippen molar-refractivity contribution in [2.24, 2.45) is 0 Å². The van der Waals surface area contributed by atoms with E-state index in [-0.39, 0.29) is 5.82 Å². The molecule has 0 unspecified atom stereocenters. The van der Waals surface area contributed by atoms with Gasteiger partial charge in [-0.25, -0.2) is 14.1 Å². The summed E-state index contributed by atoms with van der Waals surface area (Å²) in [5, 5.41) is 4.08. The Morgan fingerprint density at radius 3 is 2.79 bits per heavy atom. The maximum atomic E-state index is 13.2. The first-order chi connectivity index (χ1) is 6.66. The summed E-state index contributed by atoms with van der Waals surface area (Å²) in [6.07, 6.45) is 1.55. The van der Waals surface area contributed by atoms with Crippen molar-refractivity contribution >= 4 is 15.9 Å². The molecule has 0 spiro atoms. The number of hydrogen-bond donors (Lipinski definition) is 0. The van der Waals surface area contributed by atoms with E-state index < -0.39 is 0 Å². The third-order valence-electron chi connectivity index (χ3n) is 1.77. The van der Waals surface area contributed by atoms with Crippen LogP contribution >= 0.6 is 15.9 Å². The third-order valence-corrected chi connectivity index (χ3v) is 2.42. The summed E-state index contributed by atoms with van der Waals surface area (Å²) >= 11 is 3.09. The lowest BCUT2D eigenvalue weighted by atomic mass is 10.3. The van der Waals surface area contributed by atoms with E-state index in [1.54, 1.807) is 25.4 Å². The standard InChI is InChI=1S/C9H7BrFN3/c1-6-12-5-14(13-6)7-2-3-8(10)9(11)4-7/h2-5H,1H3. The second kappa shape index (κ2) is 3.49. The van der Waals surface area contributed by atoms with Gasteiger partial charge in [0.1, 0.15) is 18.0 Å². The van der Waals surface area contributed by atoms with Crippen LogP contribution in [-0.4, -0.2) is 14.8 Å². The van der Waals surface area contributed by atoms with Gasteiger partial charge in [-0.05, 0) is 35.0 Å². The van der Waals surface area contributed by atoms with Crippen LogP contribution in [0, 0.1) is 12.7 Å². The summed E-state index contributed by atoms with van der Waals surface area (Å²) in [4.78, 5) is 3.96. The molecule has 0 atom stereocenters. The molecule has 0 fully saturated rings. The number of nitrogens with zero attached hydrogens (tertiary/aromatic N) is 3. The second-order valence-corrected chi connectivity index (χ2v) is 3.69. The molecule has 0 aliphatic heterocycles. The molecule has 2 aromatic rings. The Morgan fingerprint density at radius 1 is 1.43 bits per heavy atom. The Balaban J connectivity index is 2.47. The van der Waals surface area contributed by atoms with Crippen LogP contribution in [0.15, 0.2) is 29.0 Å². The monoisotopic (exact) mass is 255 g/mol. The molecule has 0 saturated carbocycles. The van der Waals surface area contributed by atoms with Gasteiger partial charge in [-0.2, -0.15) is 5.10 Å². The average Bonchev–Trinajstić information content (AvgIpc) is 2.57. The van der Waals surface area contributed by atoms with E-state index in [4.69, 9.17) is 0 Å². The molecule has 1 aromatic heterocycles. The van der Waals surface area contributed by atoms with Crippen LogP contribution in [0.4, 0.5) is 4.39 Å². The molecule has 5 heteroatoms. The molecule has 0 radical (unpaired) electrons. The van der Waals surface area contributed by atoms with E-state index in [1.807, 2.05) is 0 Å². The van der Waals surface area contributed by atoms with Crippen molar-refractivity contribution in [3.05, 3.63) is 40.6 Å². The molecule has 3 nitrogen and oxygen atoms in total. The molecule has 0 aliphatic rings. The van der Waals surface area contributed by atoms with Crippen LogP contribution in [-0.2, 0) is 0 Å². The van der Waals surface area contributed by atoms with Crippen molar-refractivity contribution in [1.29, 1.82) is 0 Å². The van der Waals surface area contributed by atoms with Crippen LogP contribution in [0.1, 0.15) is 5.82 Å². The smallest absolute Gasteiger partial charge is 0.147 e. The predicted octanol–water partition coefficient (Wildman–Crippen LogP) is 2.48. The number of hydrogen-bond acceptors (Lipinski definition) is 2. The zero-order chi connectivity index (χ0) is 10.1. The van der Waals surface area contributed by atoms with Crippen LogP contribution in [0.5, 0.6) is 0 Å². The minimum Gasteiger partial charge on any atom is -0.221 e. The van der Waals surface area contributed by atoms with E-state index in [0.29, 0.717) is 16.0 Å². The molecule has 72 valence electrons. The van der Waals surface area contributed by atoms with Crippen LogP contribution < -0.4 is 0 Å². The van der Waals surface area contributed by atoms with Gasteiger partial charge >= 0.3 is 0 Å². The molecule has 0 bridgehead atoms. The highest BCUT2D eigenvalue weighted by Crippen LogP contribution is 2.18. The van der Waals surface area contributed by atoms with Gasteiger partial charge in [-0.15, -0.1) is 0 Å². The zero-order valence-corrected chi connectivity index (χ0v) is 8.99. The quantitative estimate of drug-likeness (QED) is 0.784. The molecule has 0 N–H and O–H groups in total. The van der Waals surface area contributed by atoms with E-state index >= 15 is 0 Å². The number of benzene rings is 1. The molecular weight excluding hydrogens is 249 g/mol. The summed E-state index contributed by atoms with van der Waals surface area (Å²) in [5.41, 5.74) is 0.659. The van der Waals surface area contributed by atoms with Crippen molar-refractivity contribution in [2.45, 2.75) is 6.92 Å². The maximum absolute atomic E-state index is 13.2. The highest BCUT2D eigenvalue weighted by molar-refractivity contribution is 9.10. The predicted molar refractivity (Wildman–Crippen MR) is 53.8 cm³/mol. The Morgan fingerprint density at radius 2 is 2.21 bits per heavy atom. The van der Waals surface area contributed by atoms with Gasteiger partial charge in [-0.3, -0.25) is 0 Å². The molecule has 14 heavy (non-hydrogen) atoms. The Bertz CT molecular complexity index is 467. The highest BCUT2D eigenvalue weighted by Gasteiger charge is 2.03. The summed E-state index contributed by atoms with van der Waals surface area (Å²) in [5.74, 6) is 0.351. The minimum absolute atomic E-state index is 0.310. The van der Waals surface area contributed by atoms with Gasteiger partial charge in [0.15, 0.2) is 0 Å². The lowest BCUT2D eigenvalue weighted by Gasteiger charge is -2.00. The molecule has 1 aromatic carbocycles. The number of aryl methyl sites for hydroxylation is 1. The van der Waals surface area contributed by atoms with Crippen molar-refractivity contribution < 1.29 is 4.39 Å². The fraction of sp³-hybridized carbons (Fsp3) is 0.111. The van der Waals surface area contributed by atoms with Crippen LogP contribution in [0.2, 0.25) is 0 Å². The Kier molecular flexibility index (Phi) is 2.33. The van der Waals surface area contributed by atoms with Gasteiger partial charge in [0.2, 0.25) is 0 Å². The van der Waals surface area contributed by atoms with E-state index in [1.165, 1.54) is 10.7 Å². The topological polar surface area (TPSA) is 30.7 Å². The third kappa shape index (κ3) is 1.68. The lowest BCUT2D eigenvalue weighted by molar-refractivity contribution is 0.618. The molecule has 0 saturated heterocycles. The van der Waals surface area contributed by atoms with Gasteiger partial charge in [0.25, 0.3) is 0 Å². The van der Waals surface area contributed by atoms with Gasteiger partial charge in [0, 0.05) is 6.07 Å². The van der Waals surface area contributed by atoms with E-state index in [2.05, 4.69) is 26.0 Å². The number of halogens is 2. The average molecular weight is 256 g/mol. The van der Waals surface area contributed by atoms with Crippen molar-refractivity contribution in [3.63, 3.8) is 0 Å². The van der Waals surface area contributed by atoms with Crippen LogP contribution in [0.3, 0.4) is 0 Å². The maximum Gasteiger partial charge on any atom is 0.147 e. The summed E-state index contributed by atoms with van der Waals surface area (Å²) in [7, 11) is 0. The normalized spacial score (nSPS) is 10.5. The number of aromatic nitrogens is 3. The lowest BCUT2D eigenvalue weighted by Crippen LogP contribution is -1.95. The van der Waals surface area contributed by atoms with Crippen molar-refractivity contribution in [1.82, 2.24) is 14.8 Å². The molecule has 0 amide bonds. The second-order valence-electron chi connectivity index (χ2n) is 2.83. The molecule has 1 heterocycles. The summed E-state index contributed by atoms with van der Waals surface area (Å²) < 4.78 is 15.1. The van der Waals surface area contributed by atoms with E-state index in [9.17, 15) is 4.39 Å². The fourth-order valence-electron chi connectivity index (χ4n) is 1.10. The first-order valence-corrected chi connectivity index (χ1v) is 4.80. The molecule has 2 rings (SSSR count). The van der Waals surface area contributed by atoms with E-state index in [0.717, 1.165) is 0 Å². The summed E-state index contributed by atoms with van der Waals surface area (Å²) in [6.45, 7) is 1.78. The van der Waals surface area contributed by atoms with Gasteiger partial charge < -0.3 is 0 Å². The molecular formula is C9H7BrFN3. The fourth-order valence-corrected chi connectivity index (χ4v) is 1.34. The van der Waals surface area contributed by atoms with Crippen molar-refractivity contribution in [2.75, 3.05) is 0 Å². The number of rotatable bonds is 1. The van der Waals surface area contributed by atoms with Crippen LogP contribution in [0.25, 0.3) is 5.69 Å². The van der Waals surface area contributed by atoms with Crippen molar-refractivity contribution in [3.8, 4) is 5.69 Å². The summed E-state index contributed by atoms with van der Waals surface area (Å²) in [6, 6.07) is 4.81. The first-order valence-electron chi connectivity index (χ1n) is 4.00. The van der Waals surface area contributed by atoms with Gasteiger partial charge in [0.05, 0.1) is 10.2 Å². The molecule has 0 aliphatic carbocycles. The highest BCUT2D eigenvalue weighted by atomic mass is 79.9.